The number of hydrogen-bond donors (Lipinski definition) is 2. The third-order valence-electron chi connectivity index (χ3n) is 5.09. The minimum Gasteiger partial charge on any atom is -0.481 e. The first kappa shape index (κ1) is 19.4. The Morgan fingerprint density at radius 1 is 1.22 bits per heavy atom. The van der Waals surface area contributed by atoms with Crippen LogP contribution in [0.25, 0.3) is 0 Å². The summed E-state index contributed by atoms with van der Waals surface area (Å²) in [4.78, 5) is 30.0. The van der Waals surface area contributed by atoms with Crippen molar-refractivity contribution in [2.75, 3.05) is 0 Å². The highest BCUT2D eigenvalue weighted by Crippen LogP contribution is 2.41. The fourth-order valence-corrected chi connectivity index (χ4v) is 4.83. The van der Waals surface area contributed by atoms with Gasteiger partial charge >= 0.3 is 11.9 Å². The first-order valence-electron chi connectivity index (χ1n) is 9.22. The lowest BCUT2D eigenvalue weighted by molar-refractivity contribution is -0.143. The molecule has 0 fully saturated rings. The van der Waals surface area contributed by atoms with E-state index in [1.165, 1.54) is 11.3 Å². The smallest absolute Gasteiger partial charge is 0.354 e. The maximum atomic E-state index is 11.9. The van der Waals surface area contributed by atoms with E-state index in [9.17, 15) is 19.8 Å². The topological polar surface area (TPSA) is 92.4 Å². The van der Waals surface area contributed by atoms with Crippen molar-refractivity contribution in [1.29, 1.82) is 0 Å². The molecule has 2 aromatic rings. The number of carbonyl (C=O) groups is 2. The molecule has 6 nitrogen and oxygen atoms in total. The molecule has 7 heteroatoms. The second-order valence-corrected chi connectivity index (χ2v) is 8.02. The van der Waals surface area contributed by atoms with Gasteiger partial charge in [-0.3, -0.25) is 4.79 Å². The molecule has 27 heavy (non-hydrogen) atoms. The molecule has 0 aliphatic heterocycles. The van der Waals surface area contributed by atoms with Crippen LogP contribution in [0.5, 0.6) is 0 Å². The number of aryl methyl sites for hydroxylation is 2. The molecular formula is C20H24N2O4S. The summed E-state index contributed by atoms with van der Waals surface area (Å²) in [5.41, 5.74) is -0.0370. The molecule has 2 heterocycles. The normalized spacial score (nSPS) is 15.3. The Labute approximate surface area is 162 Å². The van der Waals surface area contributed by atoms with E-state index in [0.29, 0.717) is 37.9 Å². The first-order chi connectivity index (χ1) is 12.9. The average molecular weight is 388 g/mol. The number of thiophene rings is 1. The van der Waals surface area contributed by atoms with Crippen LogP contribution >= 0.6 is 11.3 Å². The van der Waals surface area contributed by atoms with Crippen LogP contribution in [0.1, 0.15) is 64.9 Å². The number of aliphatic carboxylic acids is 1. The molecule has 0 radical (unpaired) electrons. The van der Waals surface area contributed by atoms with E-state index in [1.54, 1.807) is 4.57 Å². The van der Waals surface area contributed by atoms with Crippen molar-refractivity contribution in [3.63, 3.8) is 0 Å². The molecule has 0 amide bonds. The number of aromatic nitrogens is 2. The molecule has 2 N–H and O–H groups in total. The van der Waals surface area contributed by atoms with E-state index >= 15 is 0 Å². The van der Waals surface area contributed by atoms with Crippen molar-refractivity contribution in [2.24, 2.45) is 0 Å². The zero-order chi connectivity index (χ0) is 19.6. The summed E-state index contributed by atoms with van der Waals surface area (Å²) < 4.78 is 1.78. The average Bonchev–Trinajstić information content (AvgIpc) is 3.34. The van der Waals surface area contributed by atoms with Gasteiger partial charge in [0.25, 0.3) is 0 Å². The second-order valence-electron chi connectivity index (χ2n) is 6.85. The van der Waals surface area contributed by atoms with Gasteiger partial charge in [0.1, 0.15) is 11.2 Å². The third kappa shape index (κ3) is 3.43. The van der Waals surface area contributed by atoms with E-state index in [4.69, 9.17) is 0 Å². The fraction of sp³-hybridized carbons (Fsp3) is 0.450. The highest BCUT2D eigenvalue weighted by molar-refractivity contribution is 7.12. The summed E-state index contributed by atoms with van der Waals surface area (Å²) in [6, 6.07) is 3.79. The van der Waals surface area contributed by atoms with Gasteiger partial charge in [0, 0.05) is 16.2 Å². The maximum Gasteiger partial charge on any atom is 0.354 e. The molecule has 0 spiro atoms. The van der Waals surface area contributed by atoms with E-state index in [0.717, 1.165) is 22.0 Å². The SMILES string of the molecule is CCCc1nc(CC)c(C(=O)O)n1Cc1ccc(C2(C(=O)O)CC=CC2)s1. The summed E-state index contributed by atoms with van der Waals surface area (Å²) in [5, 5.41) is 19.4. The lowest BCUT2D eigenvalue weighted by Gasteiger charge is -2.22. The molecule has 0 atom stereocenters. The van der Waals surface area contributed by atoms with Gasteiger partial charge in [-0.2, -0.15) is 0 Å². The fourth-order valence-electron chi connectivity index (χ4n) is 3.63. The number of carboxylic acids is 2. The van der Waals surface area contributed by atoms with Crippen molar-refractivity contribution in [2.45, 2.75) is 57.9 Å². The molecule has 3 rings (SSSR count). The molecule has 1 aliphatic carbocycles. The second kappa shape index (κ2) is 7.68. The Bertz CT molecular complexity index is 886. The number of imidazole rings is 1. The zero-order valence-corrected chi connectivity index (χ0v) is 16.4. The van der Waals surface area contributed by atoms with Crippen LogP contribution in [0.2, 0.25) is 0 Å². The number of carboxylic acid groups (broad SMARTS) is 2. The molecule has 0 unspecified atom stereocenters. The van der Waals surface area contributed by atoms with Gasteiger partial charge in [-0.25, -0.2) is 9.78 Å². The van der Waals surface area contributed by atoms with Crippen molar-refractivity contribution in [1.82, 2.24) is 9.55 Å². The summed E-state index contributed by atoms with van der Waals surface area (Å²) in [5.74, 6) is -1.01. The molecule has 0 aromatic carbocycles. The van der Waals surface area contributed by atoms with Crippen LogP contribution in [0, 0.1) is 0 Å². The monoisotopic (exact) mass is 388 g/mol. The van der Waals surface area contributed by atoms with E-state index in [1.807, 2.05) is 38.1 Å². The predicted octanol–water partition coefficient (Wildman–Crippen LogP) is 3.88. The molecular weight excluding hydrogens is 364 g/mol. The third-order valence-corrected chi connectivity index (χ3v) is 6.36. The summed E-state index contributed by atoms with van der Waals surface area (Å²) >= 11 is 1.45. The van der Waals surface area contributed by atoms with Crippen molar-refractivity contribution < 1.29 is 19.8 Å². The number of rotatable bonds is 8. The maximum absolute atomic E-state index is 11.9. The summed E-state index contributed by atoms with van der Waals surface area (Å²) in [6.45, 7) is 4.34. The Balaban J connectivity index is 1.97. The summed E-state index contributed by atoms with van der Waals surface area (Å²) in [7, 11) is 0. The molecule has 0 saturated heterocycles. The Hall–Kier alpha value is -2.41. The van der Waals surface area contributed by atoms with E-state index in [-0.39, 0.29) is 5.69 Å². The Morgan fingerprint density at radius 3 is 2.48 bits per heavy atom. The van der Waals surface area contributed by atoms with Gasteiger partial charge in [0.15, 0.2) is 5.69 Å². The lowest BCUT2D eigenvalue weighted by Crippen LogP contribution is -2.31. The van der Waals surface area contributed by atoms with E-state index < -0.39 is 17.4 Å². The first-order valence-corrected chi connectivity index (χ1v) is 10.0. The van der Waals surface area contributed by atoms with Crippen molar-refractivity contribution >= 4 is 23.3 Å². The standard InChI is InChI=1S/C20H24N2O4S/c1-3-7-16-21-14(4-2)17(18(23)24)22(16)12-13-8-9-15(27-13)20(19(25)26)10-5-6-11-20/h5-6,8-9H,3-4,7,10-12H2,1-2H3,(H,23,24)(H,25,26). The number of hydrogen-bond acceptors (Lipinski definition) is 4. The van der Waals surface area contributed by atoms with Crippen LogP contribution in [-0.2, 0) is 29.6 Å². The van der Waals surface area contributed by atoms with Gasteiger partial charge in [-0.1, -0.05) is 26.0 Å². The highest BCUT2D eigenvalue weighted by Gasteiger charge is 2.42. The van der Waals surface area contributed by atoms with Crippen molar-refractivity contribution in [3.05, 3.63) is 51.3 Å². The zero-order valence-electron chi connectivity index (χ0n) is 15.6. The van der Waals surface area contributed by atoms with Crippen LogP contribution in [-0.4, -0.2) is 31.7 Å². The van der Waals surface area contributed by atoms with Gasteiger partial charge < -0.3 is 14.8 Å². The van der Waals surface area contributed by atoms with Gasteiger partial charge in [-0.05, 0) is 37.8 Å². The number of allylic oxidation sites excluding steroid dienone is 2. The Kier molecular flexibility index (Phi) is 5.51. The summed E-state index contributed by atoms with van der Waals surface area (Å²) in [6.07, 6.45) is 6.97. The van der Waals surface area contributed by atoms with Crippen LogP contribution in [0.4, 0.5) is 0 Å². The number of aromatic carboxylic acids is 1. The molecule has 0 bridgehead atoms. The van der Waals surface area contributed by atoms with Crippen LogP contribution in [0.3, 0.4) is 0 Å². The van der Waals surface area contributed by atoms with E-state index in [2.05, 4.69) is 4.98 Å². The van der Waals surface area contributed by atoms with Gasteiger partial charge in [0.05, 0.1) is 12.2 Å². The predicted molar refractivity (Wildman–Crippen MR) is 104 cm³/mol. The largest absolute Gasteiger partial charge is 0.481 e. The number of nitrogens with zero attached hydrogens (tertiary/aromatic N) is 2. The minimum atomic E-state index is -0.972. The quantitative estimate of drug-likeness (QED) is 0.670. The minimum absolute atomic E-state index is 0.242. The molecule has 2 aromatic heterocycles. The molecule has 0 saturated carbocycles. The lowest BCUT2D eigenvalue weighted by atomic mass is 9.84. The Morgan fingerprint density at radius 2 is 1.93 bits per heavy atom. The van der Waals surface area contributed by atoms with Gasteiger partial charge in [0.2, 0.25) is 0 Å². The molecule has 144 valence electrons. The highest BCUT2D eigenvalue weighted by atomic mass is 32.1. The van der Waals surface area contributed by atoms with Crippen molar-refractivity contribution in [3.8, 4) is 0 Å². The van der Waals surface area contributed by atoms with Gasteiger partial charge in [-0.15, -0.1) is 11.3 Å². The van der Waals surface area contributed by atoms with Crippen LogP contribution < -0.4 is 0 Å². The van der Waals surface area contributed by atoms with Crippen LogP contribution in [0.15, 0.2) is 24.3 Å². The molecule has 1 aliphatic rings.